The maximum absolute atomic E-state index is 12.9. The van der Waals surface area contributed by atoms with Crippen LogP contribution in [0.15, 0.2) is 24.3 Å². The minimum absolute atomic E-state index is 0.00406. The Morgan fingerprint density at radius 2 is 2.21 bits per heavy atom. The van der Waals surface area contributed by atoms with E-state index in [4.69, 9.17) is 5.26 Å². The fourth-order valence-corrected chi connectivity index (χ4v) is 1.42. The van der Waals surface area contributed by atoms with Crippen molar-refractivity contribution in [2.45, 2.75) is 26.3 Å². The van der Waals surface area contributed by atoms with E-state index in [1.807, 2.05) is 13.8 Å². The number of carbonyl (C=O) groups is 1. The van der Waals surface area contributed by atoms with Crippen molar-refractivity contribution in [1.29, 1.82) is 5.26 Å². The smallest absolute Gasteiger partial charge is 0.240 e. The van der Waals surface area contributed by atoms with E-state index < -0.39 is 5.54 Å². The average molecular weight is 263 g/mol. The molecule has 102 valence electrons. The zero-order valence-corrected chi connectivity index (χ0v) is 11.3. The highest BCUT2D eigenvalue weighted by Crippen LogP contribution is 2.15. The summed E-state index contributed by atoms with van der Waals surface area (Å²) in [6.45, 7) is 5.40. The Labute approximate surface area is 112 Å². The normalized spacial score (nSPS) is 13.5. The third-order valence-corrected chi connectivity index (χ3v) is 3.06. The molecule has 1 aromatic rings. The molecule has 0 bridgehead atoms. The second-order valence-corrected chi connectivity index (χ2v) is 4.88. The molecule has 0 radical (unpaired) electrons. The van der Waals surface area contributed by atoms with Crippen LogP contribution in [0.5, 0.6) is 0 Å². The summed E-state index contributed by atoms with van der Waals surface area (Å²) < 4.78 is 12.9. The molecule has 5 heteroatoms. The number of nitrogens with one attached hydrogen (secondary N) is 2. The van der Waals surface area contributed by atoms with Gasteiger partial charge in [0.25, 0.3) is 0 Å². The highest BCUT2D eigenvalue weighted by atomic mass is 19.1. The van der Waals surface area contributed by atoms with Crippen LogP contribution in [-0.2, 0) is 4.79 Å². The molecule has 0 spiro atoms. The second-order valence-electron chi connectivity index (χ2n) is 4.88. The lowest BCUT2D eigenvalue weighted by molar-refractivity contribution is -0.121. The summed E-state index contributed by atoms with van der Waals surface area (Å²) in [7, 11) is 0. The maximum Gasteiger partial charge on any atom is 0.240 e. The lowest BCUT2D eigenvalue weighted by atomic mass is 9.90. The van der Waals surface area contributed by atoms with Crippen LogP contribution in [0, 0.1) is 23.1 Å². The van der Waals surface area contributed by atoms with Gasteiger partial charge in [0.05, 0.1) is 12.6 Å². The average Bonchev–Trinajstić information content (AvgIpc) is 2.36. The molecule has 0 heterocycles. The summed E-state index contributed by atoms with van der Waals surface area (Å²) in [5.74, 6) is -0.674. The number of carbonyl (C=O) groups excluding carboxylic acids is 1. The van der Waals surface area contributed by atoms with Gasteiger partial charge in [0.2, 0.25) is 5.91 Å². The molecule has 19 heavy (non-hydrogen) atoms. The fourth-order valence-electron chi connectivity index (χ4n) is 1.42. The Kier molecular flexibility index (Phi) is 4.87. The number of amides is 1. The molecule has 0 saturated heterocycles. The summed E-state index contributed by atoms with van der Waals surface area (Å²) in [6, 6.07) is 7.96. The highest BCUT2D eigenvalue weighted by molar-refractivity contribution is 5.81. The Hall–Kier alpha value is -2.09. The quantitative estimate of drug-likeness (QED) is 0.856. The molecular weight excluding hydrogens is 245 g/mol. The SMILES string of the molecule is CC(C)[C@@](C)(C#N)NC(=O)CNc1cccc(F)c1. The van der Waals surface area contributed by atoms with E-state index in [-0.39, 0.29) is 24.2 Å². The lowest BCUT2D eigenvalue weighted by Crippen LogP contribution is -2.50. The summed E-state index contributed by atoms with van der Waals surface area (Å²) in [4.78, 5) is 11.8. The Morgan fingerprint density at radius 1 is 1.53 bits per heavy atom. The van der Waals surface area contributed by atoms with E-state index in [0.717, 1.165) is 0 Å². The van der Waals surface area contributed by atoms with Crippen molar-refractivity contribution >= 4 is 11.6 Å². The van der Waals surface area contributed by atoms with Crippen LogP contribution in [0.25, 0.3) is 0 Å². The summed E-state index contributed by atoms with van der Waals surface area (Å²) in [6.07, 6.45) is 0. The monoisotopic (exact) mass is 263 g/mol. The van der Waals surface area contributed by atoms with E-state index in [2.05, 4.69) is 16.7 Å². The van der Waals surface area contributed by atoms with Crippen LogP contribution in [0.1, 0.15) is 20.8 Å². The number of hydrogen-bond acceptors (Lipinski definition) is 3. The van der Waals surface area contributed by atoms with Gasteiger partial charge >= 0.3 is 0 Å². The predicted octanol–water partition coefficient (Wildman–Crippen LogP) is 2.29. The third kappa shape index (κ3) is 4.25. The molecule has 0 saturated carbocycles. The van der Waals surface area contributed by atoms with Gasteiger partial charge in [-0.3, -0.25) is 4.79 Å². The minimum Gasteiger partial charge on any atom is -0.376 e. The van der Waals surface area contributed by atoms with Gasteiger partial charge in [-0.2, -0.15) is 5.26 Å². The zero-order chi connectivity index (χ0) is 14.5. The number of rotatable bonds is 5. The molecule has 1 rings (SSSR count). The Balaban J connectivity index is 2.55. The molecule has 2 N–H and O–H groups in total. The summed E-state index contributed by atoms with van der Waals surface area (Å²) >= 11 is 0. The predicted molar refractivity (Wildman–Crippen MR) is 71.9 cm³/mol. The van der Waals surface area contributed by atoms with Crippen molar-refractivity contribution in [1.82, 2.24) is 5.32 Å². The number of nitriles is 1. The van der Waals surface area contributed by atoms with Gasteiger partial charge in [0.1, 0.15) is 11.4 Å². The van der Waals surface area contributed by atoms with E-state index in [1.54, 1.807) is 19.1 Å². The molecule has 1 aromatic carbocycles. The number of hydrogen-bond donors (Lipinski definition) is 2. The van der Waals surface area contributed by atoms with Crippen molar-refractivity contribution in [3.63, 3.8) is 0 Å². The summed E-state index contributed by atoms with van der Waals surface area (Å²) in [5.41, 5.74) is -0.376. The largest absolute Gasteiger partial charge is 0.376 e. The van der Waals surface area contributed by atoms with Crippen molar-refractivity contribution in [3.8, 4) is 6.07 Å². The van der Waals surface area contributed by atoms with Gasteiger partial charge in [-0.25, -0.2) is 4.39 Å². The molecule has 0 aliphatic heterocycles. The van der Waals surface area contributed by atoms with E-state index in [9.17, 15) is 9.18 Å². The van der Waals surface area contributed by atoms with E-state index in [1.165, 1.54) is 12.1 Å². The van der Waals surface area contributed by atoms with Crippen molar-refractivity contribution in [2.24, 2.45) is 5.92 Å². The maximum atomic E-state index is 12.9. The third-order valence-electron chi connectivity index (χ3n) is 3.06. The Bertz CT molecular complexity index is 496. The van der Waals surface area contributed by atoms with Gasteiger partial charge in [-0.05, 0) is 31.0 Å². The van der Waals surface area contributed by atoms with Crippen LogP contribution in [-0.4, -0.2) is 18.0 Å². The molecule has 4 nitrogen and oxygen atoms in total. The van der Waals surface area contributed by atoms with E-state index in [0.29, 0.717) is 5.69 Å². The van der Waals surface area contributed by atoms with Crippen LogP contribution in [0.4, 0.5) is 10.1 Å². The molecule has 1 amide bonds. The molecule has 1 atom stereocenters. The molecule has 0 aliphatic rings. The first-order chi connectivity index (χ1) is 8.87. The lowest BCUT2D eigenvalue weighted by Gasteiger charge is -2.27. The van der Waals surface area contributed by atoms with Crippen molar-refractivity contribution in [2.75, 3.05) is 11.9 Å². The van der Waals surface area contributed by atoms with Crippen LogP contribution < -0.4 is 10.6 Å². The highest BCUT2D eigenvalue weighted by Gasteiger charge is 2.29. The molecule has 0 aliphatic carbocycles. The van der Waals surface area contributed by atoms with Gasteiger partial charge in [-0.1, -0.05) is 19.9 Å². The van der Waals surface area contributed by atoms with Gasteiger partial charge in [0.15, 0.2) is 0 Å². The molecule has 0 fully saturated rings. The Morgan fingerprint density at radius 3 is 2.74 bits per heavy atom. The van der Waals surface area contributed by atoms with Gasteiger partial charge < -0.3 is 10.6 Å². The number of anilines is 1. The zero-order valence-electron chi connectivity index (χ0n) is 11.3. The first-order valence-electron chi connectivity index (χ1n) is 6.09. The first kappa shape index (κ1) is 15.0. The van der Waals surface area contributed by atoms with Crippen LogP contribution >= 0.6 is 0 Å². The second kappa shape index (κ2) is 6.19. The minimum atomic E-state index is -0.902. The summed E-state index contributed by atoms with van der Waals surface area (Å²) in [5, 5.41) is 14.6. The van der Waals surface area contributed by atoms with Gasteiger partial charge in [-0.15, -0.1) is 0 Å². The number of nitrogens with zero attached hydrogens (tertiary/aromatic N) is 1. The van der Waals surface area contributed by atoms with Crippen LogP contribution in [0.3, 0.4) is 0 Å². The molecule has 0 unspecified atom stereocenters. The van der Waals surface area contributed by atoms with E-state index >= 15 is 0 Å². The number of benzene rings is 1. The first-order valence-corrected chi connectivity index (χ1v) is 6.09. The fraction of sp³-hybridized carbons (Fsp3) is 0.429. The molecular formula is C14H18FN3O. The van der Waals surface area contributed by atoms with Crippen LogP contribution in [0.2, 0.25) is 0 Å². The van der Waals surface area contributed by atoms with Gasteiger partial charge in [0, 0.05) is 5.69 Å². The van der Waals surface area contributed by atoms with Crippen molar-refractivity contribution < 1.29 is 9.18 Å². The number of halogens is 1. The standard InChI is InChI=1S/C14H18FN3O/c1-10(2)14(3,9-16)18-13(19)8-17-12-6-4-5-11(15)7-12/h4-7,10,17H,8H2,1-3H3,(H,18,19)/t14-/m1/s1. The van der Waals surface area contributed by atoms with Crippen molar-refractivity contribution in [3.05, 3.63) is 30.1 Å². The molecule has 0 aromatic heterocycles. The topological polar surface area (TPSA) is 64.9 Å².